The Balaban J connectivity index is 1.46. The number of anilines is 1. The molecular formula is C25H27FN6. The van der Waals surface area contributed by atoms with Gasteiger partial charge < -0.3 is 10.2 Å². The van der Waals surface area contributed by atoms with Crippen molar-refractivity contribution in [2.75, 3.05) is 18.0 Å². The van der Waals surface area contributed by atoms with Crippen LogP contribution >= 0.6 is 0 Å². The number of fused-ring (bicyclic) bond motifs is 2. The van der Waals surface area contributed by atoms with Crippen LogP contribution in [0.4, 0.5) is 10.1 Å². The summed E-state index contributed by atoms with van der Waals surface area (Å²) in [6, 6.07) is 8.78. The molecule has 0 radical (unpaired) electrons. The van der Waals surface area contributed by atoms with Gasteiger partial charge in [0, 0.05) is 54.8 Å². The predicted molar refractivity (Wildman–Crippen MR) is 125 cm³/mol. The maximum atomic E-state index is 14.7. The molecule has 0 spiro atoms. The van der Waals surface area contributed by atoms with Crippen molar-refractivity contribution in [3.8, 4) is 11.3 Å². The van der Waals surface area contributed by atoms with Crippen LogP contribution in [0.15, 0.2) is 36.7 Å². The van der Waals surface area contributed by atoms with Crippen LogP contribution < -0.4 is 10.2 Å². The van der Waals surface area contributed by atoms with E-state index in [-0.39, 0.29) is 5.82 Å². The van der Waals surface area contributed by atoms with E-state index < -0.39 is 0 Å². The van der Waals surface area contributed by atoms with E-state index in [2.05, 4.69) is 41.3 Å². The summed E-state index contributed by atoms with van der Waals surface area (Å²) in [5.41, 5.74) is 5.09. The van der Waals surface area contributed by atoms with Crippen molar-refractivity contribution in [3.63, 3.8) is 0 Å². The molecule has 1 aromatic carbocycles. The first-order valence-electron chi connectivity index (χ1n) is 11.4. The van der Waals surface area contributed by atoms with Gasteiger partial charge in [-0.2, -0.15) is 5.10 Å². The zero-order valence-electron chi connectivity index (χ0n) is 18.6. The molecule has 6 rings (SSSR count). The molecule has 32 heavy (non-hydrogen) atoms. The van der Waals surface area contributed by atoms with Gasteiger partial charge in [0.25, 0.3) is 0 Å². The number of aromatic nitrogens is 4. The quantitative estimate of drug-likeness (QED) is 0.523. The van der Waals surface area contributed by atoms with Crippen LogP contribution in [0, 0.1) is 5.82 Å². The summed E-state index contributed by atoms with van der Waals surface area (Å²) in [6.45, 7) is 6.37. The van der Waals surface area contributed by atoms with Crippen molar-refractivity contribution in [1.29, 1.82) is 0 Å². The number of hydrogen-bond donors (Lipinski definition) is 1. The normalized spacial score (nSPS) is 21.6. The highest BCUT2D eigenvalue weighted by molar-refractivity contribution is 5.88. The second-order valence-electron chi connectivity index (χ2n) is 9.51. The highest BCUT2D eigenvalue weighted by Crippen LogP contribution is 2.44. The Hall–Kier alpha value is -3.06. The third-order valence-electron chi connectivity index (χ3n) is 6.59. The lowest BCUT2D eigenvalue weighted by molar-refractivity contribution is 0.407. The Morgan fingerprint density at radius 2 is 1.84 bits per heavy atom. The van der Waals surface area contributed by atoms with Crippen molar-refractivity contribution in [1.82, 2.24) is 25.1 Å². The van der Waals surface area contributed by atoms with Gasteiger partial charge in [-0.25, -0.2) is 14.4 Å². The minimum absolute atomic E-state index is 0.321. The fraction of sp³-hybridized carbons (Fsp3) is 0.400. The summed E-state index contributed by atoms with van der Waals surface area (Å²) in [6.07, 6.45) is 6.14. The Bertz CT molecular complexity index is 1330. The lowest BCUT2D eigenvalue weighted by atomic mass is 10.0. The van der Waals surface area contributed by atoms with Crippen molar-refractivity contribution >= 4 is 27.6 Å². The average molecular weight is 431 g/mol. The molecule has 1 saturated carbocycles. The largest absolute Gasteiger partial charge is 0.367 e. The molecule has 4 aromatic rings. The van der Waals surface area contributed by atoms with Gasteiger partial charge in [0.05, 0.1) is 17.6 Å². The molecule has 6 nitrogen and oxygen atoms in total. The Kier molecular flexibility index (Phi) is 4.43. The minimum Gasteiger partial charge on any atom is -0.367 e. The summed E-state index contributed by atoms with van der Waals surface area (Å²) in [5.74, 6) is 0.211. The predicted octanol–water partition coefficient (Wildman–Crippen LogP) is 4.39. The smallest absolute Gasteiger partial charge is 0.160 e. The number of benzene rings is 1. The summed E-state index contributed by atoms with van der Waals surface area (Å²) in [7, 11) is 1.81. The van der Waals surface area contributed by atoms with Crippen LogP contribution in [0.1, 0.15) is 38.2 Å². The molecule has 4 heterocycles. The standard InChI is InChI=1S/C25H27FN6/c1-14-11-32(12-15(2)28-14)19-8-21-20(16-4-5-16)9-23(29-25(21)27-10-19)17-6-18-13-31(3)30-24(18)22(26)7-17/h6-10,13-16,28H,4-5,11-12H2,1-3H3/t14-,15+. The van der Waals surface area contributed by atoms with Crippen LogP contribution in [0.25, 0.3) is 33.2 Å². The summed E-state index contributed by atoms with van der Waals surface area (Å²) < 4.78 is 16.4. The van der Waals surface area contributed by atoms with Crippen LogP contribution in [0.3, 0.4) is 0 Å². The number of piperazine rings is 1. The molecule has 0 amide bonds. The molecule has 1 aliphatic carbocycles. The van der Waals surface area contributed by atoms with E-state index in [0.717, 1.165) is 46.5 Å². The van der Waals surface area contributed by atoms with Crippen LogP contribution in [-0.4, -0.2) is 44.9 Å². The molecule has 3 aromatic heterocycles. The van der Waals surface area contributed by atoms with Gasteiger partial charge in [0.2, 0.25) is 0 Å². The molecule has 2 aliphatic rings. The van der Waals surface area contributed by atoms with Gasteiger partial charge in [0.15, 0.2) is 11.5 Å². The highest BCUT2D eigenvalue weighted by atomic mass is 19.1. The fourth-order valence-electron chi connectivity index (χ4n) is 5.07. The second kappa shape index (κ2) is 7.24. The summed E-state index contributed by atoms with van der Waals surface area (Å²) in [4.78, 5) is 12.0. The van der Waals surface area contributed by atoms with Crippen molar-refractivity contribution in [2.45, 2.75) is 44.7 Å². The number of halogens is 1. The molecular weight excluding hydrogens is 403 g/mol. The highest BCUT2D eigenvalue weighted by Gasteiger charge is 2.28. The van der Waals surface area contributed by atoms with Crippen molar-refractivity contribution in [3.05, 3.63) is 48.0 Å². The number of rotatable bonds is 3. The average Bonchev–Trinajstić information content (AvgIpc) is 3.53. The number of nitrogens with one attached hydrogen (secondary N) is 1. The molecule has 1 aliphatic heterocycles. The third-order valence-corrected chi connectivity index (χ3v) is 6.59. The van der Waals surface area contributed by atoms with Gasteiger partial charge in [-0.15, -0.1) is 0 Å². The lowest BCUT2D eigenvalue weighted by Gasteiger charge is -2.37. The monoisotopic (exact) mass is 430 g/mol. The van der Waals surface area contributed by atoms with Gasteiger partial charge >= 0.3 is 0 Å². The van der Waals surface area contributed by atoms with Crippen LogP contribution in [0.2, 0.25) is 0 Å². The van der Waals surface area contributed by atoms with Gasteiger partial charge in [-0.3, -0.25) is 4.68 Å². The molecule has 1 N–H and O–H groups in total. The first kappa shape index (κ1) is 19.6. The maximum absolute atomic E-state index is 14.7. The van der Waals surface area contributed by atoms with E-state index in [9.17, 15) is 4.39 Å². The first-order valence-corrected chi connectivity index (χ1v) is 11.4. The molecule has 2 atom stereocenters. The Morgan fingerprint density at radius 3 is 2.59 bits per heavy atom. The van der Waals surface area contributed by atoms with Crippen LogP contribution in [-0.2, 0) is 7.05 Å². The zero-order chi connectivity index (χ0) is 22.0. The van der Waals surface area contributed by atoms with Crippen molar-refractivity contribution < 1.29 is 4.39 Å². The van der Waals surface area contributed by atoms with E-state index >= 15 is 0 Å². The third kappa shape index (κ3) is 3.41. The van der Waals surface area contributed by atoms with Crippen molar-refractivity contribution in [2.24, 2.45) is 7.05 Å². The van der Waals surface area contributed by atoms with E-state index in [1.165, 1.54) is 24.5 Å². The SMILES string of the molecule is C[C@@H]1CN(c2cnc3nc(-c4cc(F)c5nn(C)cc5c4)cc(C4CC4)c3c2)C[C@H](C)N1. The molecule has 1 saturated heterocycles. The first-order chi connectivity index (χ1) is 15.4. The minimum atomic E-state index is -0.321. The van der Waals surface area contributed by atoms with Gasteiger partial charge in [-0.1, -0.05) is 0 Å². The lowest BCUT2D eigenvalue weighted by Crippen LogP contribution is -2.54. The number of nitrogens with zero attached hydrogens (tertiary/aromatic N) is 5. The number of hydrogen-bond acceptors (Lipinski definition) is 5. The summed E-state index contributed by atoms with van der Waals surface area (Å²) in [5, 5.41) is 9.71. The molecule has 7 heteroatoms. The zero-order valence-corrected chi connectivity index (χ0v) is 18.6. The van der Waals surface area contributed by atoms with E-state index in [1.54, 1.807) is 11.7 Å². The Labute approximate surface area is 186 Å². The molecule has 0 bridgehead atoms. The second-order valence-corrected chi connectivity index (χ2v) is 9.51. The van der Waals surface area contributed by atoms with Gasteiger partial charge in [-0.05, 0) is 62.4 Å². The number of pyridine rings is 2. The Morgan fingerprint density at radius 1 is 1.06 bits per heavy atom. The number of aryl methyl sites for hydroxylation is 1. The van der Waals surface area contributed by atoms with E-state index in [1.807, 2.05) is 18.5 Å². The van der Waals surface area contributed by atoms with Crippen LogP contribution in [0.5, 0.6) is 0 Å². The fourth-order valence-corrected chi connectivity index (χ4v) is 5.07. The van der Waals surface area contributed by atoms with E-state index in [4.69, 9.17) is 9.97 Å². The maximum Gasteiger partial charge on any atom is 0.160 e. The molecule has 2 fully saturated rings. The molecule has 164 valence electrons. The topological polar surface area (TPSA) is 58.9 Å². The van der Waals surface area contributed by atoms with E-state index in [0.29, 0.717) is 23.5 Å². The molecule has 0 unspecified atom stereocenters. The van der Waals surface area contributed by atoms with Gasteiger partial charge in [0.1, 0.15) is 5.52 Å². The summed E-state index contributed by atoms with van der Waals surface area (Å²) >= 11 is 0.